The Balaban J connectivity index is 2.09. The van der Waals surface area contributed by atoms with Crippen LogP contribution in [-0.4, -0.2) is 58.8 Å². The molecular formula is C9H14F2N2O4. The van der Waals surface area contributed by atoms with Gasteiger partial charge in [0.05, 0.1) is 12.7 Å². The zero-order chi connectivity index (χ0) is 12.6. The van der Waals surface area contributed by atoms with Crippen LogP contribution in [0.1, 0.15) is 12.8 Å². The van der Waals surface area contributed by atoms with Gasteiger partial charge in [-0.3, -0.25) is 4.90 Å². The second-order valence-corrected chi connectivity index (χ2v) is 4.21. The fourth-order valence-electron chi connectivity index (χ4n) is 2.03. The molecule has 0 aromatic rings. The quantitative estimate of drug-likeness (QED) is 0.616. The van der Waals surface area contributed by atoms with Crippen molar-refractivity contribution in [2.75, 3.05) is 13.2 Å². The maximum Gasteiger partial charge on any atom is 0.321 e. The average Bonchev–Trinajstić information content (AvgIpc) is 2.54. The van der Waals surface area contributed by atoms with Crippen molar-refractivity contribution in [3.05, 3.63) is 0 Å². The van der Waals surface area contributed by atoms with E-state index in [2.05, 4.69) is 5.32 Å². The lowest BCUT2D eigenvalue weighted by Crippen LogP contribution is -2.58. The van der Waals surface area contributed by atoms with Crippen LogP contribution < -0.4 is 5.32 Å². The van der Waals surface area contributed by atoms with Gasteiger partial charge >= 0.3 is 6.03 Å². The molecule has 6 nitrogen and oxygen atoms in total. The minimum Gasteiger partial charge on any atom is -0.394 e. The van der Waals surface area contributed by atoms with E-state index in [-0.39, 0.29) is 13.0 Å². The average molecular weight is 252 g/mol. The SMILES string of the molecule is O=C1N[C@@H](O)CCN1C1O[C@H](CO)CC1(F)F. The van der Waals surface area contributed by atoms with E-state index in [0.29, 0.717) is 0 Å². The number of nitrogens with one attached hydrogen (secondary N) is 1. The van der Waals surface area contributed by atoms with Gasteiger partial charge < -0.3 is 20.3 Å². The predicted octanol–water partition coefficient (Wildman–Crippen LogP) is -0.537. The number of alkyl halides is 2. The Morgan fingerprint density at radius 2 is 2.29 bits per heavy atom. The summed E-state index contributed by atoms with van der Waals surface area (Å²) in [7, 11) is 0. The highest BCUT2D eigenvalue weighted by Gasteiger charge is 2.54. The zero-order valence-corrected chi connectivity index (χ0v) is 8.97. The van der Waals surface area contributed by atoms with Crippen LogP contribution in [0, 0.1) is 0 Å². The van der Waals surface area contributed by atoms with Crippen LogP contribution in [0.3, 0.4) is 0 Å². The van der Waals surface area contributed by atoms with Gasteiger partial charge in [-0.05, 0) is 0 Å². The number of carbonyl (C=O) groups excluding carboxylic acids is 1. The summed E-state index contributed by atoms with van der Waals surface area (Å²) in [6.07, 6.45) is -4.10. The van der Waals surface area contributed by atoms with Crippen LogP contribution >= 0.6 is 0 Å². The van der Waals surface area contributed by atoms with E-state index in [0.717, 1.165) is 4.90 Å². The molecule has 2 heterocycles. The number of rotatable bonds is 2. The Morgan fingerprint density at radius 3 is 2.82 bits per heavy atom. The van der Waals surface area contributed by atoms with Crippen LogP contribution in [0.25, 0.3) is 0 Å². The molecule has 2 saturated heterocycles. The standard InChI is InChI=1S/C9H14F2N2O4/c10-9(11)3-5(4-14)17-7(9)13-2-1-6(15)12-8(13)16/h5-7,14-15H,1-4H2,(H,12,16)/t5-,6-,7?/m0/s1. The van der Waals surface area contributed by atoms with Gasteiger partial charge in [-0.1, -0.05) is 0 Å². The molecule has 0 saturated carbocycles. The van der Waals surface area contributed by atoms with Crippen LogP contribution in [0.5, 0.6) is 0 Å². The molecule has 98 valence electrons. The minimum atomic E-state index is -3.19. The fraction of sp³-hybridized carbons (Fsp3) is 0.889. The fourth-order valence-corrected chi connectivity index (χ4v) is 2.03. The van der Waals surface area contributed by atoms with Crippen molar-refractivity contribution >= 4 is 6.03 Å². The number of aliphatic hydroxyl groups excluding tert-OH is 2. The van der Waals surface area contributed by atoms with Gasteiger partial charge in [0.15, 0.2) is 6.23 Å². The van der Waals surface area contributed by atoms with E-state index in [9.17, 15) is 13.6 Å². The molecule has 0 aliphatic carbocycles. The van der Waals surface area contributed by atoms with E-state index >= 15 is 0 Å². The summed E-state index contributed by atoms with van der Waals surface area (Å²) in [4.78, 5) is 12.3. The monoisotopic (exact) mass is 252 g/mol. The van der Waals surface area contributed by atoms with Gasteiger partial charge in [-0.15, -0.1) is 0 Å². The summed E-state index contributed by atoms with van der Waals surface area (Å²) in [5, 5.41) is 20.1. The van der Waals surface area contributed by atoms with Crippen LogP contribution in [-0.2, 0) is 4.74 Å². The molecular weight excluding hydrogens is 238 g/mol. The summed E-state index contributed by atoms with van der Waals surface area (Å²) in [5.41, 5.74) is 0. The van der Waals surface area contributed by atoms with E-state index in [4.69, 9.17) is 14.9 Å². The number of halogens is 2. The Morgan fingerprint density at radius 1 is 1.59 bits per heavy atom. The Kier molecular flexibility index (Phi) is 3.19. The van der Waals surface area contributed by atoms with Gasteiger partial charge in [0, 0.05) is 19.4 Å². The van der Waals surface area contributed by atoms with Crippen molar-refractivity contribution in [3.8, 4) is 0 Å². The molecule has 0 radical (unpaired) electrons. The highest BCUT2D eigenvalue weighted by atomic mass is 19.3. The number of aliphatic hydroxyl groups is 2. The van der Waals surface area contributed by atoms with Crippen molar-refractivity contribution in [1.82, 2.24) is 10.2 Å². The molecule has 1 unspecified atom stereocenters. The molecule has 0 aromatic carbocycles. The summed E-state index contributed by atoms with van der Waals surface area (Å²) in [5.74, 6) is -3.19. The number of hydrogen-bond acceptors (Lipinski definition) is 4. The maximum atomic E-state index is 13.6. The first-order valence-corrected chi connectivity index (χ1v) is 5.33. The molecule has 17 heavy (non-hydrogen) atoms. The van der Waals surface area contributed by atoms with Gasteiger partial charge in [0.2, 0.25) is 0 Å². The third kappa shape index (κ3) is 2.33. The van der Waals surface area contributed by atoms with Gasteiger partial charge in [-0.2, -0.15) is 0 Å². The smallest absolute Gasteiger partial charge is 0.321 e. The largest absolute Gasteiger partial charge is 0.394 e. The summed E-state index contributed by atoms with van der Waals surface area (Å²) in [6, 6.07) is -0.785. The summed E-state index contributed by atoms with van der Waals surface area (Å²) < 4.78 is 32.1. The van der Waals surface area contributed by atoms with Crippen molar-refractivity contribution in [2.24, 2.45) is 0 Å². The van der Waals surface area contributed by atoms with Crippen LogP contribution in [0.4, 0.5) is 13.6 Å². The van der Waals surface area contributed by atoms with Gasteiger partial charge in [0.25, 0.3) is 5.92 Å². The molecule has 2 aliphatic heterocycles. The van der Waals surface area contributed by atoms with E-state index in [1.54, 1.807) is 0 Å². The predicted molar refractivity (Wildman–Crippen MR) is 51.2 cm³/mol. The highest BCUT2D eigenvalue weighted by molar-refractivity contribution is 5.75. The first-order chi connectivity index (χ1) is 7.94. The van der Waals surface area contributed by atoms with Crippen LogP contribution in [0.2, 0.25) is 0 Å². The molecule has 3 atom stereocenters. The van der Waals surface area contributed by atoms with Gasteiger partial charge in [0.1, 0.15) is 6.23 Å². The Hall–Kier alpha value is -0.990. The lowest BCUT2D eigenvalue weighted by Gasteiger charge is -2.36. The summed E-state index contributed by atoms with van der Waals surface area (Å²) in [6.45, 7) is -0.518. The lowest BCUT2D eigenvalue weighted by molar-refractivity contribution is -0.145. The van der Waals surface area contributed by atoms with E-state index < -0.39 is 43.5 Å². The van der Waals surface area contributed by atoms with Crippen molar-refractivity contribution in [3.63, 3.8) is 0 Å². The van der Waals surface area contributed by atoms with Crippen molar-refractivity contribution in [2.45, 2.75) is 37.3 Å². The van der Waals surface area contributed by atoms with Crippen molar-refractivity contribution < 1.29 is 28.5 Å². The molecule has 8 heteroatoms. The molecule has 0 spiro atoms. The topological polar surface area (TPSA) is 82.0 Å². The number of amides is 2. The molecule has 2 rings (SSSR count). The molecule has 0 aromatic heterocycles. The first kappa shape index (κ1) is 12.5. The number of carbonyl (C=O) groups is 1. The molecule has 2 amide bonds. The Bertz CT molecular complexity index is 315. The van der Waals surface area contributed by atoms with Gasteiger partial charge in [-0.25, -0.2) is 13.6 Å². The van der Waals surface area contributed by atoms with Crippen molar-refractivity contribution in [1.29, 1.82) is 0 Å². The summed E-state index contributed by atoms with van der Waals surface area (Å²) >= 11 is 0. The Labute approximate surface area is 96.2 Å². The van der Waals surface area contributed by atoms with E-state index in [1.165, 1.54) is 0 Å². The molecule has 2 aliphatic rings. The minimum absolute atomic E-state index is 0.00853. The number of hydrogen-bond donors (Lipinski definition) is 3. The second kappa shape index (κ2) is 4.35. The van der Waals surface area contributed by atoms with Crippen LogP contribution in [0.15, 0.2) is 0 Å². The zero-order valence-electron chi connectivity index (χ0n) is 8.97. The maximum absolute atomic E-state index is 13.6. The second-order valence-electron chi connectivity index (χ2n) is 4.21. The number of ether oxygens (including phenoxy) is 1. The third-order valence-electron chi connectivity index (χ3n) is 2.86. The molecule has 0 bridgehead atoms. The lowest BCUT2D eigenvalue weighted by atomic mass is 10.1. The third-order valence-corrected chi connectivity index (χ3v) is 2.86. The highest BCUT2D eigenvalue weighted by Crippen LogP contribution is 2.38. The molecule has 2 fully saturated rings. The van der Waals surface area contributed by atoms with E-state index in [1.807, 2.05) is 0 Å². The number of nitrogens with zero attached hydrogens (tertiary/aromatic N) is 1. The number of urea groups is 1. The molecule has 3 N–H and O–H groups in total. The first-order valence-electron chi connectivity index (χ1n) is 5.33. The normalized spacial score (nSPS) is 37.1.